The molecule has 1 atom stereocenters. The summed E-state index contributed by atoms with van der Waals surface area (Å²) in [5.74, 6) is 0.929. The Morgan fingerprint density at radius 3 is 2.77 bits per heavy atom. The van der Waals surface area contributed by atoms with E-state index in [0.717, 1.165) is 12.2 Å². The van der Waals surface area contributed by atoms with Crippen LogP contribution in [-0.4, -0.2) is 7.11 Å². The van der Waals surface area contributed by atoms with Crippen LogP contribution in [0, 0.1) is 6.92 Å². The van der Waals surface area contributed by atoms with Crippen molar-refractivity contribution < 1.29 is 4.74 Å². The molecular formula is C20H25NO. The molecule has 0 aliphatic carbocycles. The number of fused-ring (bicyclic) bond motifs is 1. The quantitative estimate of drug-likeness (QED) is 0.833. The number of aryl methyl sites for hydroxylation is 2. The fourth-order valence-corrected chi connectivity index (χ4v) is 3.31. The van der Waals surface area contributed by atoms with Crippen LogP contribution in [-0.2, 0) is 12.8 Å². The van der Waals surface area contributed by atoms with Crippen molar-refractivity contribution in [2.24, 2.45) is 0 Å². The van der Waals surface area contributed by atoms with Gasteiger partial charge in [0.1, 0.15) is 5.75 Å². The van der Waals surface area contributed by atoms with Gasteiger partial charge in [0.25, 0.3) is 0 Å². The van der Waals surface area contributed by atoms with Gasteiger partial charge in [0.15, 0.2) is 0 Å². The van der Waals surface area contributed by atoms with E-state index >= 15 is 0 Å². The van der Waals surface area contributed by atoms with E-state index in [0.29, 0.717) is 6.04 Å². The summed E-state index contributed by atoms with van der Waals surface area (Å²) in [7, 11) is 1.72. The van der Waals surface area contributed by atoms with Gasteiger partial charge in [-0.2, -0.15) is 0 Å². The van der Waals surface area contributed by atoms with Crippen LogP contribution in [0.15, 0.2) is 36.4 Å². The molecule has 0 aromatic heterocycles. The van der Waals surface area contributed by atoms with Gasteiger partial charge in [-0.05, 0) is 66.6 Å². The molecule has 0 radical (unpaired) electrons. The lowest BCUT2D eigenvalue weighted by atomic mass is 9.97. The Balaban J connectivity index is 1.79. The average molecular weight is 295 g/mol. The molecule has 0 fully saturated rings. The zero-order valence-corrected chi connectivity index (χ0v) is 13.8. The molecule has 0 spiro atoms. The summed E-state index contributed by atoms with van der Waals surface area (Å²) >= 11 is 0. The second-order valence-corrected chi connectivity index (χ2v) is 6.22. The molecule has 1 aliphatic rings. The van der Waals surface area contributed by atoms with Crippen LogP contribution in [0.5, 0.6) is 5.75 Å². The third kappa shape index (κ3) is 2.96. The number of ether oxygens (including phenoxy) is 1. The fraction of sp³-hybridized carbons (Fsp3) is 0.400. The minimum absolute atomic E-state index is 0.377. The van der Waals surface area contributed by atoms with E-state index in [1.165, 1.54) is 47.2 Å². The smallest absolute Gasteiger partial charge is 0.119 e. The van der Waals surface area contributed by atoms with E-state index in [-0.39, 0.29) is 0 Å². The number of unbranched alkanes of at least 4 members (excludes halogenated alkanes) is 1. The largest absolute Gasteiger partial charge is 0.497 e. The predicted octanol–water partition coefficient (Wildman–Crippen LogP) is 5.06. The predicted molar refractivity (Wildman–Crippen MR) is 92.9 cm³/mol. The molecule has 2 nitrogen and oxygen atoms in total. The summed E-state index contributed by atoms with van der Waals surface area (Å²) in [6.07, 6.45) is 4.79. The topological polar surface area (TPSA) is 21.3 Å². The van der Waals surface area contributed by atoms with Crippen molar-refractivity contribution in [2.75, 3.05) is 12.4 Å². The van der Waals surface area contributed by atoms with Crippen LogP contribution in [0.25, 0.3) is 0 Å². The summed E-state index contributed by atoms with van der Waals surface area (Å²) in [5, 5.41) is 3.67. The van der Waals surface area contributed by atoms with Crippen LogP contribution < -0.4 is 10.1 Å². The number of methoxy groups -OCH3 is 1. The molecule has 0 bridgehead atoms. The van der Waals surface area contributed by atoms with Crippen LogP contribution in [0.3, 0.4) is 0 Å². The van der Waals surface area contributed by atoms with Crippen molar-refractivity contribution in [3.8, 4) is 5.75 Å². The lowest BCUT2D eigenvalue weighted by Crippen LogP contribution is -2.07. The minimum Gasteiger partial charge on any atom is -0.497 e. The summed E-state index contributed by atoms with van der Waals surface area (Å²) in [5.41, 5.74) is 6.87. The molecule has 2 aromatic rings. The molecule has 0 saturated carbocycles. The van der Waals surface area contributed by atoms with E-state index in [4.69, 9.17) is 4.74 Å². The third-order valence-electron chi connectivity index (χ3n) is 4.59. The molecular weight excluding hydrogens is 270 g/mol. The van der Waals surface area contributed by atoms with Gasteiger partial charge in [-0.15, -0.1) is 0 Å². The highest BCUT2D eigenvalue weighted by molar-refractivity contribution is 5.60. The van der Waals surface area contributed by atoms with E-state index < -0.39 is 0 Å². The first-order valence-electron chi connectivity index (χ1n) is 8.24. The highest BCUT2D eigenvalue weighted by Crippen LogP contribution is 2.36. The molecule has 0 amide bonds. The Kier molecular flexibility index (Phi) is 4.37. The zero-order chi connectivity index (χ0) is 15.5. The monoisotopic (exact) mass is 295 g/mol. The minimum atomic E-state index is 0.377. The SMILES string of the molecule is CCCCc1ccc2c(c1)CC(c1ccc(OC)cc1C)N2. The third-order valence-corrected chi connectivity index (χ3v) is 4.59. The maximum Gasteiger partial charge on any atom is 0.119 e. The molecule has 116 valence electrons. The summed E-state index contributed by atoms with van der Waals surface area (Å²) in [6, 6.07) is 13.6. The molecule has 0 saturated heterocycles. The van der Waals surface area contributed by atoms with Crippen molar-refractivity contribution in [3.63, 3.8) is 0 Å². The molecule has 2 heteroatoms. The first-order valence-corrected chi connectivity index (χ1v) is 8.24. The van der Waals surface area contributed by atoms with E-state index in [9.17, 15) is 0 Å². The molecule has 2 aromatic carbocycles. The van der Waals surface area contributed by atoms with Gasteiger partial charge in [0.2, 0.25) is 0 Å². The van der Waals surface area contributed by atoms with Gasteiger partial charge in [-0.3, -0.25) is 0 Å². The second-order valence-electron chi connectivity index (χ2n) is 6.22. The number of nitrogens with one attached hydrogen (secondary N) is 1. The molecule has 1 N–H and O–H groups in total. The van der Waals surface area contributed by atoms with Crippen LogP contribution in [0.4, 0.5) is 5.69 Å². The summed E-state index contributed by atoms with van der Waals surface area (Å²) in [4.78, 5) is 0. The van der Waals surface area contributed by atoms with Gasteiger partial charge >= 0.3 is 0 Å². The second kappa shape index (κ2) is 6.43. The number of hydrogen-bond acceptors (Lipinski definition) is 2. The standard InChI is InChI=1S/C20H25NO/c1-4-5-6-15-7-10-19-16(12-15)13-20(21-19)18-9-8-17(22-3)11-14(18)2/h7-12,20-21H,4-6,13H2,1-3H3. The highest BCUT2D eigenvalue weighted by atomic mass is 16.5. The molecule has 3 rings (SSSR count). The highest BCUT2D eigenvalue weighted by Gasteiger charge is 2.23. The molecule has 1 heterocycles. The maximum atomic E-state index is 5.31. The normalized spacial score (nSPS) is 16.2. The molecule has 22 heavy (non-hydrogen) atoms. The molecule has 1 aliphatic heterocycles. The number of rotatable bonds is 5. The van der Waals surface area contributed by atoms with Crippen molar-refractivity contribution in [3.05, 3.63) is 58.7 Å². The van der Waals surface area contributed by atoms with Gasteiger partial charge in [0, 0.05) is 5.69 Å². The first kappa shape index (κ1) is 15.0. The Hall–Kier alpha value is -1.96. The average Bonchev–Trinajstić information content (AvgIpc) is 2.95. The molecule has 1 unspecified atom stereocenters. The van der Waals surface area contributed by atoms with Crippen molar-refractivity contribution >= 4 is 5.69 Å². The summed E-state index contributed by atoms with van der Waals surface area (Å²) in [6.45, 7) is 4.41. The van der Waals surface area contributed by atoms with E-state index in [1.807, 2.05) is 0 Å². The van der Waals surface area contributed by atoms with Gasteiger partial charge in [-0.1, -0.05) is 31.5 Å². The lowest BCUT2D eigenvalue weighted by molar-refractivity contribution is 0.414. The lowest BCUT2D eigenvalue weighted by Gasteiger charge is -2.15. The number of benzene rings is 2. The Bertz CT molecular complexity index is 663. The number of hydrogen-bond donors (Lipinski definition) is 1. The van der Waals surface area contributed by atoms with Gasteiger partial charge in [-0.25, -0.2) is 0 Å². The van der Waals surface area contributed by atoms with Crippen LogP contribution >= 0.6 is 0 Å². The van der Waals surface area contributed by atoms with Crippen LogP contribution in [0.1, 0.15) is 48.1 Å². The zero-order valence-electron chi connectivity index (χ0n) is 13.8. The van der Waals surface area contributed by atoms with Crippen molar-refractivity contribution in [2.45, 2.75) is 45.6 Å². The van der Waals surface area contributed by atoms with E-state index in [2.05, 4.69) is 55.6 Å². The number of anilines is 1. The van der Waals surface area contributed by atoms with Gasteiger partial charge in [0.05, 0.1) is 13.2 Å². The van der Waals surface area contributed by atoms with Crippen LogP contribution in [0.2, 0.25) is 0 Å². The Labute approximate surface area is 133 Å². The fourth-order valence-electron chi connectivity index (χ4n) is 3.31. The van der Waals surface area contributed by atoms with Crippen molar-refractivity contribution in [1.29, 1.82) is 0 Å². The van der Waals surface area contributed by atoms with Gasteiger partial charge < -0.3 is 10.1 Å². The summed E-state index contributed by atoms with van der Waals surface area (Å²) < 4.78 is 5.31. The van der Waals surface area contributed by atoms with Crippen molar-refractivity contribution in [1.82, 2.24) is 0 Å². The Morgan fingerprint density at radius 2 is 2.05 bits per heavy atom. The Morgan fingerprint density at radius 1 is 1.18 bits per heavy atom. The first-order chi connectivity index (χ1) is 10.7. The maximum absolute atomic E-state index is 5.31. The van der Waals surface area contributed by atoms with E-state index in [1.54, 1.807) is 7.11 Å².